The summed E-state index contributed by atoms with van der Waals surface area (Å²) in [4.78, 5) is 9.06. The number of nitrogens with one attached hydrogen (secondary N) is 2. The van der Waals surface area contributed by atoms with Crippen LogP contribution >= 0.6 is 0 Å². The Kier molecular flexibility index (Phi) is 11.7. The van der Waals surface area contributed by atoms with Crippen molar-refractivity contribution in [3.8, 4) is 5.75 Å². The molecule has 0 heterocycles. The molecule has 0 saturated carbocycles. The van der Waals surface area contributed by atoms with E-state index in [0.29, 0.717) is 25.6 Å². The summed E-state index contributed by atoms with van der Waals surface area (Å²) in [6.45, 7) is 10.8. The summed E-state index contributed by atoms with van der Waals surface area (Å²) in [6.07, 6.45) is 2.76. The molecule has 23 heavy (non-hydrogen) atoms. The SMILES string of the molecule is C=CCc1cc(C)ccc1OCC(O)CNC(C)C.CNC=O. The van der Waals surface area contributed by atoms with Crippen LogP contribution in [0.1, 0.15) is 25.0 Å². The number of carbonyl (C=O) groups excluding carboxylic acids is 1. The molecule has 0 aliphatic heterocycles. The lowest BCUT2D eigenvalue weighted by Crippen LogP contribution is -2.35. The number of amides is 1. The Balaban J connectivity index is 0.00000108. The third-order valence-corrected chi connectivity index (χ3v) is 2.89. The standard InChI is InChI=1S/C16H25NO2.C2H5NO/c1-5-6-14-9-13(4)7-8-16(14)19-11-15(18)10-17-12(2)3;1-3-2-4/h5,7-9,12,15,17-18H,1,6,10-11H2,2-4H3;2H,1H3,(H,3,4). The first-order valence-corrected chi connectivity index (χ1v) is 7.80. The number of ether oxygens (including phenoxy) is 1. The number of rotatable bonds is 9. The normalized spacial score (nSPS) is 11.2. The Bertz CT molecular complexity index is 462. The molecule has 0 aromatic heterocycles. The molecule has 0 saturated heterocycles. The lowest BCUT2D eigenvalue weighted by molar-refractivity contribution is -0.109. The van der Waals surface area contributed by atoms with Gasteiger partial charge in [0.15, 0.2) is 0 Å². The van der Waals surface area contributed by atoms with Crippen LogP contribution in [-0.2, 0) is 11.2 Å². The molecule has 0 aliphatic rings. The lowest BCUT2D eigenvalue weighted by Gasteiger charge is -2.16. The van der Waals surface area contributed by atoms with Crippen molar-refractivity contribution in [1.82, 2.24) is 10.6 Å². The zero-order valence-corrected chi connectivity index (χ0v) is 14.6. The van der Waals surface area contributed by atoms with Crippen molar-refractivity contribution in [2.45, 2.75) is 39.3 Å². The number of hydrogen-bond acceptors (Lipinski definition) is 4. The molecule has 0 spiro atoms. The van der Waals surface area contributed by atoms with Crippen molar-refractivity contribution in [3.05, 3.63) is 42.0 Å². The van der Waals surface area contributed by atoms with Gasteiger partial charge < -0.3 is 20.5 Å². The molecule has 1 unspecified atom stereocenters. The summed E-state index contributed by atoms with van der Waals surface area (Å²) in [5.41, 5.74) is 2.31. The van der Waals surface area contributed by atoms with E-state index in [0.717, 1.165) is 17.7 Å². The number of aliphatic hydroxyl groups is 1. The van der Waals surface area contributed by atoms with Crippen LogP contribution in [-0.4, -0.2) is 43.9 Å². The Labute approximate surface area is 139 Å². The Hall–Kier alpha value is -1.85. The van der Waals surface area contributed by atoms with E-state index in [4.69, 9.17) is 9.53 Å². The topological polar surface area (TPSA) is 70.6 Å². The molecule has 1 rings (SSSR count). The third kappa shape index (κ3) is 10.5. The van der Waals surface area contributed by atoms with E-state index in [1.807, 2.05) is 18.2 Å². The summed E-state index contributed by atoms with van der Waals surface area (Å²) < 4.78 is 5.70. The number of hydrogen-bond donors (Lipinski definition) is 3. The molecule has 3 N–H and O–H groups in total. The maximum absolute atomic E-state index is 9.83. The monoisotopic (exact) mass is 322 g/mol. The molecule has 0 radical (unpaired) electrons. The maximum Gasteiger partial charge on any atom is 0.206 e. The zero-order chi connectivity index (χ0) is 17.7. The molecular weight excluding hydrogens is 292 g/mol. The fraction of sp³-hybridized carbons (Fsp3) is 0.500. The van der Waals surface area contributed by atoms with Gasteiger partial charge in [-0.25, -0.2) is 0 Å². The largest absolute Gasteiger partial charge is 0.491 e. The molecular formula is C18H30N2O3. The maximum atomic E-state index is 9.83. The molecule has 0 aliphatic carbocycles. The highest BCUT2D eigenvalue weighted by molar-refractivity contribution is 5.44. The van der Waals surface area contributed by atoms with Crippen LogP contribution in [0.2, 0.25) is 0 Å². The van der Waals surface area contributed by atoms with Crippen LogP contribution in [0.3, 0.4) is 0 Å². The van der Waals surface area contributed by atoms with Gasteiger partial charge in [0.2, 0.25) is 6.41 Å². The average molecular weight is 322 g/mol. The van der Waals surface area contributed by atoms with Gasteiger partial charge in [-0.2, -0.15) is 0 Å². The summed E-state index contributed by atoms with van der Waals surface area (Å²) in [7, 11) is 1.56. The number of carbonyl (C=O) groups is 1. The van der Waals surface area contributed by atoms with Gasteiger partial charge in [-0.3, -0.25) is 4.79 Å². The lowest BCUT2D eigenvalue weighted by atomic mass is 10.1. The van der Waals surface area contributed by atoms with Gasteiger partial charge in [-0.05, 0) is 25.0 Å². The summed E-state index contributed by atoms with van der Waals surface area (Å²) >= 11 is 0. The van der Waals surface area contributed by atoms with Crippen molar-refractivity contribution < 1.29 is 14.6 Å². The van der Waals surface area contributed by atoms with Gasteiger partial charge in [0.25, 0.3) is 0 Å². The Morgan fingerprint density at radius 2 is 2.04 bits per heavy atom. The Morgan fingerprint density at radius 1 is 1.39 bits per heavy atom. The van der Waals surface area contributed by atoms with Crippen molar-refractivity contribution in [2.24, 2.45) is 0 Å². The van der Waals surface area contributed by atoms with Crippen molar-refractivity contribution in [3.63, 3.8) is 0 Å². The second kappa shape index (κ2) is 12.7. The minimum atomic E-state index is -0.500. The van der Waals surface area contributed by atoms with Gasteiger partial charge in [0.05, 0.1) is 0 Å². The van der Waals surface area contributed by atoms with Crippen LogP contribution in [0.15, 0.2) is 30.9 Å². The van der Waals surface area contributed by atoms with Gasteiger partial charge in [-0.1, -0.05) is 37.6 Å². The number of aliphatic hydroxyl groups excluding tert-OH is 1. The smallest absolute Gasteiger partial charge is 0.206 e. The second-order valence-electron chi connectivity index (χ2n) is 5.54. The fourth-order valence-electron chi connectivity index (χ4n) is 1.78. The molecule has 130 valence electrons. The average Bonchev–Trinajstić information content (AvgIpc) is 2.52. The second-order valence-corrected chi connectivity index (χ2v) is 5.54. The van der Waals surface area contributed by atoms with E-state index in [2.05, 4.69) is 44.1 Å². The first-order valence-electron chi connectivity index (χ1n) is 7.80. The molecule has 1 aromatic carbocycles. The van der Waals surface area contributed by atoms with Crippen LogP contribution in [0, 0.1) is 6.92 Å². The van der Waals surface area contributed by atoms with Crippen LogP contribution in [0.4, 0.5) is 0 Å². The highest BCUT2D eigenvalue weighted by Crippen LogP contribution is 2.21. The quantitative estimate of drug-likeness (QED) is 0.479. The minimum Gasteiger partial charge on any atom is -0.491 e. The van der Waals surface area contributed by atoms with E-state index in [9.17, 15) is 5.11 Å². The van der Waals surface area contributed by atoms with E-state index < -0.39 is 6.10 Å². The van der Waals surface area contributed by atoms with E-state index in [1.54, 1.807) is 7.05 Å². The van der Waals surface area contributed by atoms with E-state index in [1.165, 1.54) is 5.56 Å². The van der Waals surface area contributed by atoms with Crippen LogP contribution < -0.4 is 15.4 Å². The van der Waals surface area contributed by atoms with Gasteiger partial charge in [-0.15, -0.1) is 6.58 Å². The Morgan fingerprint density at radius 3 is 2.57 bits per heavy atom. The minimum absolute atomic E-state index is 0.299. The van der Waals surface area contributed by atoms with Gasteiger partial charge in [0.1, 0.15) is 18.5 Å². The summed E-state index contributed by atoms with van der Waals surface area (Å²) in [5, 5.41) is 15.3. The van der Waals surface area contributed by atoms with Gasteiger partial charge >= 0.3 is 0 Å². The van der Waals surface area contributed by atoms with E-state index >= 15 is 0 Å². The van der Waals surface area contributed by atoms with Crippen LogP contribution in [0.25, 0.3) is 0 Å². The molecule has 0 fully saturated rings. The molecule has 1 amide bonds. The van der Waals surface area contributed by atoms with Crippen molar-refractivity contribution in [2.75, 3.05) is 20.2 Å². The predicted octanol–water partition coefficient (Wildman–Crippen LogP) is 1.82. The fourth-order valence-corrected chi connectivity index (χ4v) is 1.78. The third-order valence-electron chi connectivity index (χ3n) is 2.89. The molecule has 0 bridgehead atoms. The number of benzene rings is 1. The van der Waals surface area contributed by atoms with Crippen molar-refractivity contribution >= 4 is 6.41 Å². The summed E-state index contributed by atoms with van der Waals surface area (Å²) in [5.74, 6) is 0.828. The highest BCUT2D eigenvalue weighted by atomic mass is 16.5. The summed E-state index contributed by atoms with van der Waals surface area (Å²) in [6, 6.07) is 6.43. The number of allylic oxidation sites excluding steroid dienone is 1. The zero-order valence-electron chi connectivity index (χ0n) is 14.6. The van der Waals surface area contributed by atoms with Crippen molar-refractivity contribution in [1.29, 1.82) is 0 Å². The van der Waals surface area contributed by atoms with Gasteiger partial charge in [0, 0.05) is 19.6 Å². The highest BCUT2D eigenvalue weighted by Gasteiger charge is 2.08. The molecule has 1 atom stereocenters. The molecule has 5 heteroatoms. The first kappa shape index (κ1) is 21.1. The first-order chi connectivity index (χ1) is 10.9. The predicted molar refractivity (Wildman–Crippen MR) is 94.8 cm³/mol. The number of aryl methyl sites for hydroxylation is 1. The van der Waals surface area contributed by atoms with Crippen LogP contribution in [0.5, 0.6) is 5.75 Å². The molecule has 5 nitrogen and oxygen atoms in total. The molecule has 1 aromatic rings. The van der Waals surface area contributed by atoms with E-state index in [-0.39, 0.29) is 0 Å².